The minimum atomic E-state index is -2.85. The topological polar surface area (TPSA) is 21.3 Å². The van der Waals surface area contributed by atoms with Crippen LogP contribution in [0.5, 0.6) is 5.75 Å². The van der Waals surface area contributed by atoms with E-state index in [1.54, 1.807) is 12.1 Å². The van der Waals surface area contributed by atoms with Gasteiger partial charge in [-0.05, 0) is 31.0 Å². The Morgan fingerprint density at radius 1 is 1.29 bits per heavy atom. The largest absolute Gasteiger partial charge is 0.433 e. The zero-order chi connectivity index (χ0) is 12.3. The third-order valence-electron chi connectivity index (χ3n) is 2.87. The van der Waals surface area contributed by atoms with Gasteiger partial charge in [-0.25, -0.2) is 0 Å². The second kappa shape index (κ2) is 5.54. The van der Waals surface area contributed by atoms with Crippen molar-refractivity contribution < 1.29 is 13.5 Å². The summed E-state index contributed by atoms with van der Waals surface area (Å²) in [6, 6.07) is 5.26. The molecular formula is C12H14ClF2NO. The van der Waals surface area contributed by atoms with Crippen LogP contribution >= 0.6 is 11.6 Å². The lowest BCUT2D eigenvalue weighted by atomic mass is 10.2. The average molecular weight is 262 g/mol. The third kappa shape index (κ3) is 3.46. The Labute approximate surface area is 104 Å². The van der Waals surface area contributed by atoms with Crippen LogP contribution < -0.4 is 10.1 Å². The van der Waals surface area contributed by atoms with Gasteiger partial charge in [-0.2, -0.15) is 8.78 Å². The Morgan fingerprint density at radius 2 is 2.00 bits per heavy atom. The summed E-state index contributed by atoms with van der Waals surface area (Å²) >= 11 is 5.86. The number of anilines is 1. The van der Waals surface area contributed by atoms with Crippen molar-refractivity contribution in [2.24, 2.45) is 0 Å². The molecule has 17 heavy (non-hydrogen) atoms. The highest BCUT2D eigenvalue weighted by molar-refractivity contribution is 6.32. The van der Waals surface area contributed by atoms with Crippen LogP contribution in [0.25, 0.3) is 0 Å². The lowest BCUT2D eigenvalue weighted by molar-refractivity contribution is -0.0497. The van der Waals surface area contributed by atoms with Crippen LogP contribution in [0, 0.1) is 0 Å². The molecule has 0 saturated heterocycles. The molecular weight excluding hydrogens is 248 g/mol. The minimum absolute atomic E-state index is 0.0126. The van der Waals surface area contributed by atoms with Crippen LogP contribution in [0.1, 0.15) is 25.7 Å². The fourth-order valence-corrected chi connectivity index (χ4v) is 2.31. The Balaban J connectivity index is 2.02. The summed E-state index contributed by atoms with van der Waals surface area (Å²) in [7, 11) is 0. The monoisotopic (exact) mass is 261 g/mol. The van der Waals surface area contributed by atoms with Gasteiger partial charge in [-0.1, -0.05) is 24.4 Å². The van der Waals surface area contributed by atoms with Gasteiger partial charge in [0.15, 0.2) is 0 Å². The van der Waals surface area contributed by atoms with Crippen LogP contribution in [0.4, 0.5) is 14.5 Å². The molecule has 2 rings (SSSR count). The maximum atomic E-state index is 12.0. The van der Waals surface area contributed by atoms with Gasteiger partial charge < -0.3 is 10.1 Å². The van der Waals surface area contributed by atoms with Crippen molar-refractivity contribution in [1.82, 2.24) is 0 Å². The van der Waals surface area contributed by atoms with E-state index in [1.807, 2.05) is 0 Å². The lowest BCUT2D eigenvalue weighted by Gasteiger charge is -2.14. The highest BCUT2D eigenvalue weighted by Crippen LogP contribution is 2.30. The molecule has 1 aliphatic carbocycles. The number of hydrogen-bond acceptors (Lipinski definition) is 2. The summed E-state index contributed by atoms with van der Waals surface area (Å²) in [5.74, 6) is 0.0126. The Bertz CT molecular complexity index is 381. The number of rotatable bonds is 4. The van der Waals surface area contributed by atoms with E-state index in [0.29, 0.717) is 6.04 Å². The van der Waals surface area contributed by atoms with Gasteiger partial charge in [0.1, 0.15) is 5.75 Å². The smallest absolute Gasteiger partial charge is 0.387 e. The zero-order valence-corrected chi connectivity index (χ0v) is 10.0. The highest BCUT2D eigenvalue weighted by Gasteiger charge is 2.15. The quantitative estimate of drug-likeness (QED) is 0.873. The summed E-state index contributed by atoms with van der Waals surface area (Å²) < 4.78 is 28.3. The first-order chi connectivity index (χ1) is 8.15. The van der Waals surface area contributed by atoms with Crippen molar-refractivity contribution in [3.8, 4) is 5.75 Å². The van der Waals surface area contributed by atoms with Crippen molar-refractivity contribution in [2.45, 2.75) is 38.3 Å². The summed E-state index contributed by atoms with van der Waals surface area (Å²) in [5, 5.41) is 3.54. The van der Waals surface area contributed by atoms with Crippen molar-refractivity contribution in [1.29, 1.82) is 0 Å². The molecule has 0 bridgehead atoms. The highest BCUT2D eigenvalue weighted by atomic mass is 35.5. The number of halogens is 3. The molecule has 1 aromatic rings. The third-order valence-corrected chi connectivity index (χ3v) is 3.17. The summed E-state index contributed by atoms with van der Waals surface area (Å²) in [5.41, 5.74) is 0.850. The van der Waals surface area contributed by atoms with Gasteiger partial charge in [-0.3, -0.25) is 0 Å². The van der Waals surface area contributed by atoms with E-state index in [0.717, 1.165) is 18.5 Å². The fourth-order valence-electron chi connectivity index (χ4n) is 2.09. The Hall–Kier alpha value is -1.03. The van der Waals surface area contributed by atoms with Gasteiger partial charge >= 0.3 is 6.61 Å². The first-order valence-electron chi connectivity index (χ1n) is 5.66. The van der Waals surface area contributed by atoms with E-state index in [4.69, 9.17) is 11.6 Å². The number of alkyl halides is 2. The molecule has 0 aliphatic heterocycles. The fraction of sp³-hybridized carbons (Fsp3) is 0.500. The van der Waals surface area contributed by atoms with Gasteiger partial charge in [0, 0.05) is 11.7 Å². The van der Waals surface area contributed by atoms with E-state index < -0.39 is 6.61 Å². The predicted octanol–water partition coefficient (Wildman–Crippen LogP) is 4.30. The molecule has 0 unspecified atom stereocenters. The molecule has 0 radical (unpaired) electrons. The number of ether oxygens (including phenoxy) is 1. The minimum Gasteiger partial charge on any atom is -0.433 e. The first kappa shape index (κ1) is 12.4. The molecule has 1 fully saturated rings. The normalized spacial score (nSPS) is 16.5. The second-order valence-corrected chi connectivity index (χ2v) is 4.56. The van der Waals surface area contributed by atoms with Gasteiger partial charge in [-0.15, -0.1) is 0 Å². The van der Waals surface area contributed by atoms with E-state index in [1.165, 1.54) is 18.9 Å². The SMILES string of the molecule is FC(F)Oc1ccc(NC2CCCC2)cc1Cl. The number of nitrogens with one attached hydrogen (secondary N) is 1. The summed E-state index contributed by atoms with van der Waals surface area (Å²) in [4.78, 5) is 0. The number of benzene rings is 1. The maximum absolute atomic E-state index is 12.0. The molecule has 0 spiro atoms. The molecule has 94 valence electrons. The zero-order valence-electron chi connectivity index (χ0n) is 9.26. The van der Waals surface area contributed by atoms with Crippen molar-refractivity contribution in [3.63, 3.8) is 0 Å². The van der Waals surface area contributed by atoms with Crippen molar-refractivity contribution in [2.75, 3.05) is 5.32 Å². The second-order valence-electron chi connectivity index (χ2n) is 4.15. The van der Waals surface area contributed by atoms with Crippen molar-refractivity contribution >= 4 is 17.3 Å². The standard InChI is InChI=1S/C12H14ClF2NO/c13-10-7-9(16-8-3-1-2-4-8)5-6-11(10)17-12(14)15/h5-8,12,16H,1-4H2. The molecule has 0 atom stereocenters. The summed E-state index contributed by atoms with van der Waals surface area (Å²) in [6.45, 7) is -2.85. The van der Waals surface area contributed by atoms with Gasteiger partial charge in [0.25, 0.3) is 0 Å². The molecule has 0 aromatic heterocycles. The average Bonchev–Trinajstić information content (AvgIpc) is 2.74. The molecule has 0 heterocycles. The van der Waals surface area contributed by atoms with Crippen LogP contribution in [-0.2, 0) is 0 Å². The summed E-state index contributed by atoms with van der Waals surface area (Å²) in [6.07, 6.45) is 4.76. The van der Waals surface area contributed by atoms with Crippen LogP contribution in [0.3, 0.4) is 0 Å². The van der Waals surface area contributed by atoms with Crippen LogP contribution in [0.2, 0.25) is 5.02 Å². The molecule has 1 aromatic carbocycles. The van der Waals surface area contributed by atoms with E-state index >= 15 is 0 Å². The van der Waals surface area contributed by atoms with Gasteiger partial charge in [0.05, 0.1) is 5.02 Å². The maximum Gasteiger partial charge on any atom is 0.387 e. The van der Waals surface area contributed by atoms with E-state index in [-0.39, 0.29) is 10.8 Å². The molecule has 1 saturated carbocycles. The van der Waals surface area contributed by atoms with Crippen LogP contribution in [-0.4, -0.2) is 12.7 Å². The Kier molecular flexibility index (Phi) is 4.05. The molecule has 1 N–H and O–H groups in total. The van der Waals surface area contributed by atoms with Gasteiger partial charge in [0.2, 0.25) is 0 Å². The Morgan fingerprint density at radius 3 is 2.59 bits per heavy atom. The molecule has 0 amide bonds. The first-order valence-corrected chi connectivity index (χ1v) is 6.04. The van der Waals surface area contributed by atoms with Crippen LogP contribution in [0.15, 0.2) is 18.2 Å². The molecule has 1 aliphatic rings. The molecule has 2 nitrogen and oxygen atoms in total. The van der Waals surface area contributed by atoms with E-state index in [9.17, 15) is 8.78 Å². The molecule has 5 heteroatoms. The van der Waals surface area contributed by atoms with E-state index in [2.05, 4.69) is 10.1 Å². The lowest BCUT2D eigenvalue weighted by Crippen LogP contribution is -2.14. The predicted molar refractivity (Wildman–Crippen MR) is 64.0 cm³/mol. The van der Waals surface area contributed by atoms with Crippen molar-refractivity contribution in [3.05, 3.63) is 23.2 Å². The number of hydrogen-bond donors (Lipinski definition) is 1.